The molecule has 6 heteroatoms. The van der Waals surface area contributed by atoms with Crippen LogP contribution in [0.15, 0.2) is 4.21 Å². The van der Waals surface area contributed by atoms with E-state index in [9.17, 15) is 4.79 Å². The lowest BCUT2D eigenvalue weighted by Gasteiger charge is -2.05. The van der Waals surface area contributed by atoms with Gasteiger partial charge in [0.2, 0.25) is 0 Å². The van der Waals surface area contributed by atoms with Gasteiger partial charge in [-0.3, -0.25) is 0 Å². The van der Waals surface area contributed by atoms with E-state index in [2.05, 4.69) is 13.8 Å². The molecule has 0 aromatic carbocycles. The average molecular weight is 379 g/mol. The van der Waals surface area contributed by atoms with E-state index in [1.807, 2.05) is 0 Å². The van der Waals surface area contributed by atoms with Crippen LogP contribution in [0.3, 0.4) is 0 Å². The SMILES string of the molecule is CCCCCCOC(=O)c1c(SCCCCCC)ssc1=S. The fourth-order valence-electron chi connectivity index (χ4n) is 1.96. The molecule has 22 heavy (non-hydrogen) atoms. The zero-order valence-electron chi connectivity index (χ0n) is 13.5. The largest absolute Gasteiger partial charge is 0.462 e. The number of hydrogen-bond donors (Lipinski definition) is 0. The van der Waals surface area contributed by atoms with E-state index in [1.165, 1.54) is 48.9 Å². The third-order valence-electron chi connectivity index (χ3n) is 3.27. The van der Waals surface area contributed by atoms with Crippen LogP contribution in [0.2, 0.25) is 0 Å². The molecule has 126 valence electrons. The summed E-state index contributed by atoms with van der Waals surface area (Å²) in [6, 6.07) is 0. The molecule has 0 saturated heterocycles. The van der Waals surface area contributed by atoms with Gasteiger partial charge in [-0.25, -0.2) is 4.79 Å². The minimum absolute atomic E-state index is 0.227. The minimum atomic E-state index is -0.227. The van der Waals surface area contributed by atoms with Crippen molar-refractivity contribution in [1.29, 1.82) is 0 Å². The van der Waals surface area contributed by atoms with Gasteiger partial charge >= 0.3 is 5.97 Å². The smallest absolute Gasteiger partial charge is 0.342 e. The highest BCUT2D eigenvalue weighted by Crippen LogP contribution is 2.35. The van der Waals surface area contributed by atoms with E-state index in [0.29, 0.717) is 16.0 Å². The fraction of sp³-hybridized carbons (Fsp3) is 0.750. The number of rotatable bonds is 12. The first-order valence-corrected chi connectivity index (χ1v) is 11.7. The van der Waals surface area contributed by atoms with E-state index in [4.69, 9.17) is 17.0 Å². The number of thioether (sulfide) groups is 1. The quantitative estimate of drug-likeness (QED) is 0.129. The van der Waals surface area contributed by atoms with Crippen molar-refractivity contribution in [1.82, 2.24) is 0 Å². The number of carbonyl (C=O) groups excluding carboxylic acids is 1. The second-order valence-electron chi connectivity index (χ2n) is 5.22. The second-order valence-corrected chi connectivity index (χ2v) is 9.40. The predicted molar refractivity (Wildman–Crippen MR) is 102 cm³/mol. The lowest BCUT2D eigenvalue weighted by atomic mass is 10.2. The van der Waals surface area contributed by atoms with Crippen LogP contribution in [0.5, 0.6) is 0 Å². The third kappa shape index (κ3) is 7.57. The van der Waals surface area contributed by atoms with Crippen LogP contribution in [-0.2, 0) is 4.74 Å². The number of esters is 1. The molecule has 0 saturated carbocycles. The number of carbonyl (C=O) groups is 1. The molecule has 0 N–H and O–H groups in total. The Bertz CT molecular complexity index is 479. The van der Waals surface area contributed by atoms with Crippen LogP contribution in [0.25, 0.3) is 0 Å². The van der Waals surface area contributed by atoms with Gasteiger partial charge in [0, 0.05) is 0 Å². The monoisotopic (exact) mass is 378 g/mol. The van der Waals surface area contributed by atoms with Crippen LogP contribution in [0.1, 0.15) is 75.6 Å². The molecule has 1 heterocycles. The highest BCUT2D eigenvalue weighted by atomic mass is 32.9. The first-order chi connectivity index (χ1) is 10.7. The van der Waals surface area contributed by atoms with Crippen molar-refractivity contribution in [3.05, 3.63) is 9.39 Å². The average Bonchev–Trinajstić information content (AvgIpc) is 2.87. The van der Waals surface area contributed by atoms with Crippen molar-refractivity contribution in [3.8, 4) is 0 Å². The van der Waals surface area contributed by atoms with Crippen molar-refractivity contribution < 1.29 is 9.53 Å². The highest BCUT2D eigenvalue weighted by molar-refractivity contribution is 8.03. The Hall–Kier alpha value is 0.0900. The van der Waals surface area contributed by atoms with Crippen LogP contribution >= 0.6 is 44.7 Å². The minimum Gasteiger partial charge on any atom is -0.462 e. The summed E-state index contributed by atoms with van der Waals surface area (Å²) >= 11 is 7.06. The molecule has 0 amide bonds. The number of ether oxygens (including phenoxy) is 1. The molecular weight excluding hydrogens is 352 g/mol. The number of unbranched alkanes of at least 4 members (excludes halogenated alkanes) is 6. The summed E-state index contributed by atoms with van der Waals surface area (Å²) in [6.07, 6.45) is 9.44. The molecule has 0 unspecified atom stereocenters. The molecule has 2 nitrogen and oxygen atoms in total. The second kappa shape index (κ2) is 12.5. The number of hydrogen-bond acceptors (Lipinski definition) is 6. The summed E-state index contributed by atoms with van der Waals surface area (Å²) in [7, 11) is 3.13. The normalized spacial score (nSPS) is 10.8. The Morgan fingerprint density at radius 1 is 1.05 bits per heavy atom. The van der Waals surface area contributed by atoms with E-state index in [1.54, 1.807) is 22.1 Å². The van der Waals surface area contributed by atoms with E-state index < -0.39 is 0 Å². The molecule has 0 radical (unpaired) electrons. The van der Waals surface area contributed by atoms with E-state index in [-0.39, 0.29) is 5.97 Å². The summed E-state index contributed by atoms with van der Waals surface area (Å²) < 4.78 is 7.12. The van der Waals surface area contributed by atoms with Gasteiger partial charge in [0.25, 0.3) is 0 Å². The van der Waals surface area contributed by atoms with Crippen molar-refractivity contribution in [2.75, 3.05) is 12.4 Å². The van der Waals surface area contributed by atoms with Crippen molar-refractivity contribution >= 4 is 50.6 Å². The molecule has 1 aromatic heterocycles. The van der Waals surface area contributed by atoms with E-state index >= 15 is 0 Å². The summed E-state index contributed by atoms with van der Waals surface area (Å²) in [4.78, 5) is 12.2. The maximum atomic E-state index is 12.2. The van der Waals surface area contributed by atoms with Crippen LogP contribution in [0, 0.1) is 3.82 Å². The predicted octanol–water partition coefficient (Wildman–Crippen LogP) is 6.95. The van der Waals surface area contributed by atoms with E-state index in [0.717, 1.165) is 22.8 Å². The van der Waals surface area contributed by atoms with Crippen molar-refractivity contribution in [2.24, 2.45) is 0 Å². The zero-order valence-corrected chi connectivity index (χ0v) is 16.8. The Kier molecular flexibility index (Phi) is 11.4. The molecule has 0 aliphatic carbocycles. The van der Waals surface area contributed by atoms with Crippen LogP contribution in [-0.4, -0.2) is 18.3 Å². The molecule has 0 spiro atoms. The Morgan fingerprint density at radius 2 is 1.73 bits per heavy atom. The van der Waals surface area contributed by atoms with Crippen molar-refractivity contribution in [3.63, 3.8) is 0 Å². The highest BCUT2D eigenvalue weighted by Gasteiger charge is 2.18. The van der Waals surface area contributed by atoms with Crippen LogP contribution < -0.4 is 0 Å². The first-order valence-electron chi connectivity index (χ1n) is 8.13. The molecule has 0 bridgehead atoms. The van der Waals surface area contributed by atoms with Gasteiger partial charge in [-0.2, -0.15) is 0 Å². The van der Waals surface area contributed by atoms with Gasteiger partial charge in [0.05, 0.1) is 10.8 Å². The van der Waals surface area contributed by atoms with Crippen molar-refractivity contribution in [2.45, 2.75) is 69.4 Å². The molecular formula is C16H26O2S4. The molecule has 0 fully saturated rings. The summed E-state index contributed by atoms with van der Waals surface area (Å²) in [5.74, 6) is 0.828. The van der Waals surface area contributed by atoms with Gasteiger partial charge in [0.1, 0.15) is 9.39 Å². The van der Waals surface area contributed by atoms with Gasteiger partial charge in [-0.1, -0.05) is 85.3 Å². The lowest BCUT2D eigenvalue weighted by molar-refractivity contribution is 0.0494. The van der Waals surface area contributed by atoms with Crippen LogP contribution in [0.4, 0.5) is 0 Å². The Morgan fingerprint density at radius 3 is 2.41 bits per heavy atom. The lowest BCUT2D eigenvalue weighted by Crippen LogP contribution is -2.07. The standard InChI is InChI=1S/C16H26O2S4/c1-3-5-7-9-11-18-14(17)13-15(19)21-22-16(13)20-12-10-8-6-4-2/h3-12H2,1-2H3. The summed E-state index contributed by atoms with van der Waals surface area (Å²) in [6.45, 7) is 4.90. The third-order valence-corrected chi connectivity index (χ3v) is 7.96. The molecule has 1 aromatic rings. The van der Waals surface area contributed by atoms with Gasteiger partial charge in [-0.05, 0) is 18.6 Å². The first kappa shape index (κ1) is 20.1. The maximum Gasteiger partial charge on any atom is 0.342 e. The topological polar surface area (TPSA) is 26.3 Å². The Balaban J connectivity index is 2.42. The molecule has 0 aliphatic rings. The molecule has 0 atom stereocenters. The molecule has 1 rings (SSSR count). The molecule has 0 aliphatic heterocycles. The van der Waals surface area contributed by atoms with Gasteiger partial charge < -0.3 is 4.74 Å². The zero-order chi connectivity index (χ0) is 16.2. The Labute approximate surface area is 151 Å². The van der Waals surface area contributed by atoms with Gasteiger partial charge in [0.15, 0.2) is 0 Å². The maximum absolute atomic E-state index is 12.2. The summed E-state index contributed by atoms with van der Waals surface area (Å²) in [5.41, 5.74) is 0.640. The van der Waals surface area contributed by atoms with Gasteiger partial charge in [-0.15, -0.1) is 11.8 Å². The fourth-order valence-corrected chi connectivity index (χ4v) is 6.40. The summed E-state index contributed by atoms with van der Waals surface area (Å²) in [5, 5.41) is 0.